The molecular weight excluding hydrogens is 437 g/mol. The average Bonchev–Trinajstić information content (AvgIpc) is 2.84. The summed E-state index contributed by atoms with van der Waals surface area (Å²) in [6.07, 6.45) is 1.06. The Morgan fingerprint density at radius 3 is 2.55 bits per heavy atom. The molecule has 2 heterocycles. The van der Waals surface area contributed by atoms with E-state index in [9.17, 15) is 14.0 Å². The minimum Gasteiger partial charge on any atom is -0.326 e. The molecule has 1 aliphatic heterocycles. The summed E-state index contributed by atoms with van der Waals surface area (Å²) in [6, 6.07) is 19.4. The highest BCUT2D eigenvalue weighted by Gasteiger charge is 2.22. The summed E-state index contributed by atoms with van der Waals surface area (Å²) in [5.41, 5.74) is 3.82. The zero-order chi connectivity index (χ0) is 22.9. The standard InChI is InChI=1S/C26H20FN3O2S/c1-15(25(32)18-8-12-22-17(14-18)9-13-23(31)28-22)33-26-21-5-3-2-4-20(21)24(29-30-26)16-6-10-19(27)11-7-16/h2-8,10-12,14-15H,9,13H2,1H3,(H,28,31). The van der Waals surface area contributed by atoms with E-state index in [1.165, 1.54) is 23.9 Å². The maximum atomic E-state index is 13.4. The first-order chi connectivity index (χ1) is 16.0. The maximum absolute atomic E-state index is 13.4. The fraction of sp³-hybridized carbons (Fsp3) is 0.154. The van der Waals surface area contributed by atoms with Crippen LogP contribution >= 0.6 is 11.8 Å². The van der Waals surface area contributed by atoms with Crippen molar-refractivity contribution >= 4 is 39.9 Å². The molecule has 0 bridgehead atoms. The third kappa shape index (κ3) is 4.24. The monoisotopic (exact) mass is 457 g/mol. The fourth-order valence-corrected chi connectivity index (χ4v) is 4.95. The van der Waals surface area contributed by atoms with E-state index in [1.807, 2.05) is 37.3 Å². The van der Waals surface area contributed by atoms with Crippen molar-refractivity contribution in [3.63, 3.8) is 0 Å². The second-order valence-corrected chi connectivity index (χ2v) is 9.28. The van der Waals surface area contributed by atoms with Gasteiger partial charge in [-0.25, -0.2) is 4.39 Å². The van der Waals surface area contributed by atoms with Gasteiger partial charge in [0.05, 0.1) is 5.25 Å². The molecule has 5 rings (SSSR count). The number of Topliss-reactive ketones (excluding diaryl/α,β-unsaturated/α-hetero) is 1. The van der Waals surface area contributed by atoms with Gasteiger partial charge in [0.25, 0.3) is 0 Å². The number of nitrogens with zero attached hydrogens (tertiary/aromatic N) is 2. The molecule has 7 heteroatoms. The summed E-state index contributed by atoms with van der Waals surface area (Å²) < 4.78 is 13.4. The van der Waals surface area contributed by atoms with Gasteiger partial charge in [0.2, 0.25) is 5.91 Å². The Balaban J connectivity index is 1.43. The zero-order valence-corrected chi connectivity index (χ0v) is 18.7. The predicted octanol–water partition coefficient (Wildman–Crippen LogP) is 5.68. The van der Waals surface area contributed by atoms with Crippen molar-refractivity contribution in [2.75, 3.05) is 5.32 Å². The molecule has 1 unspecified atom stereocenters. The van der Waals surface area contributed by atoms with Crippen LogP contribution in [0.4, 0.5) is 10.1 Å². The lowest BCUT2D eigenvalue weighted by atomic mass is 9.98. The molecule has 3 aromatic carbocycles. The van der Waals surface area contributed by atoms with Crippen LogP contribution in [0.3, 0.4) is 0 Å². The number of hydrogen-bond acceptors (Lipinski definition) is 5. The number of aryl methyl sites for hydroxylation is 1. The summed E-state index contributed by atoms with van der Waals surface area (Å²) in [5, 5.41) is 13.8. The summed E-state index contributed by atoms with van der Waals surface area (Å²) in [4.78, 5) is 24.7. The molecule has 33 heavy (non-hydrogen) atoms. The number of hydrogen-bond donors (Lipinski definition) is 1. The molecule has 0 saturated carbocycles. The second kappa shape index (κ2) is 8.75. The van der Waals surface area contributed by atoms with Gasteiger partial charge in [0.1, 0.15) is 16.5 Å². The fourth-order valence-electron chi connectivity index (χ4n) is 3.98. The lowest BCUT2D eigenvalue weighted by Gasteiger charge is -2.18. The Hall–Kier alpha value is -3.58. The maximum Gasteiger partial charge on any atom is 0.224 e. The van der Waals surface area contributed by atoms with Gasteiger partial charge in [0.15, 0.2) is 5.78 Å². The summed E-state index contributed by atoms with van der Waals surface area (Å²) in [6.45, 7) is 1.86. The molecule has 0 radical (unpaired) electrons. The molecule has 0 saturated heterocycles. The first-order valence-corrected chi connectivity index (χ1v) is 11.5. The van der Waals surface area contributed by atoms with Crippen molar-refractivity contribution in [3.05, 3.63) is 83.7 Å². The number of anilines is 1. The van der Waals surface area contributed by atoms with Gasteiger partial charge in [-0.15, -0.1) is 10.2 Å². The predicted molar refractivity (Wildman–Crippen MR) is 128 cm³/mol. The normalized spacial score (nSPS) is 13.9. The van der Waals surface area contributed by atoms with E-state index < -0.39 is 0 Å². The van der Waals surface area contributed by atoms with E-state index in [4.69, 9.17) is 0 Å². The summed E-state index contributed by atoms with van der Waals surface area (Å²) in [5.74, 6) is -0.312. The van der Waals surface area contributed by atoms with Crippen LogP contribution in [0.1, 0.15) is 29.3 Å². The topological polar surface area (TPSA) is 72.0 Å². The van der Waals surface area contributed by atoms with Crippen molar-refractivity contribution in [2.45, 2.75) is 30.0 Å². The molecule has 1 amide bonds. The SMILES string of the molecule is CC(Sc1nnc(-c2ccc(F)cc2)c2ccccc12)C(=O)c1ccc2c(c1)CCC(=O)N2. The van der Waals surface area contributed by atoms with Crippen LogP contribution in [-0.4, -0.2) is 27.1 Å². The molecule has 1 atom stereocenters. The number of fused-ring (bicyclic) bond motifs is 2. The number of nitrogens with one attached hydrogen (secondary N) is 1. The van der Waals surface area contributed by atoms with E-state index >= 15 is 0 Å². The zero-order valence-electron chi connectivity index (χ0n) is 17.8. The minimum absolute atomic E-state index is 0.0000341. The number of ketones is 1. The first kappa shape index (κ1) is 21.3. The minimum atomic E-state index is -0.379. The molecule has 164 valence electrons. The van der Waals surface area contributed by atoms with Crippen LogP contribution in [-0.2, 0) is 11.2 Å². The van der Waals surface area contributed by atoms with E-state index in [-0.39, 0.29) is 22.8 Å². The van der Waals surface area contributed by atoms with Gasteiger partial charge in [-0.3, -0.25) is 9.59 Å². The smallest absolute Gasteiger partial charge is 0.224 e. The van der Waals surface area contributed by atoms with Gasteiger partial charge in [0, 0.05) is 34.0 Å². The number of aromatic nitrogens is 2. The number of benzene rings is 3. The van der Waals surface area contributed by atoms with Crippen molar-refractivity contribution in [1.82, 2.24) is 10.2 Å². The van der Waals surface area contributed by atoms with Gasteiger partial charge in [-0.1, -0.05) is 36.0 Å². The Morgan fingerprint density at radius 1 is 1.00 bits per heavy atom. The van der Waals surface area contributed by atoms with Crippen LogP contribution in [0.15, 0.2) is 71.8 Å². The first-order valence-electron chi connectivity index (χ1n) is 10.6. The number of rotatable bonds is 5. The second-order valence-electron chi connectivity index (χ2n) is 7.95. The quantitative estimate of drug-likeness (QED) is 0.308. The Bertz CT molecular complexity index is 1390. The van der Waals surface area contributed by atoms with Crippen molar-refractivity contribution in [2.24, 2.45) is 0 Å². The van der Waals surface area contributed by atoms with Gasteiger partial charge in [-0.2, -0.15) is 0 Å². The van der Waals surface area contributed by atoms with E-state index in [1.54, 1.807) is 24.3 Å². The lowest BCUT2D eigenvalue weighted by molar-refractivity contribution is -0.116. The molecule has 0 aliphatic carbocycles. The molecule has 1 aromatic heterocycles. The van der Waals surface area contributed by atoms with Gasteiger partial charge < -0.3 is 5.32 Å². The largest absolute Gasteiger partial charge is 0.326 e. The molecule has 0 fully saturated rings. The Labute approximate surface area is 194 Å². The van der Waals surface area contributed by atoms with Crippen molar-refractivity contribution in [1.29, 1.82) is 0 Å². The van der Waals surface area contributed by atoms with E-state index in [0.29, 0.717) is 29.1 Å². The van der Waals surface area contributed by atoms with Gasteiger partial charge >= 0.3 is 0 Å². The Morgan fingerprint density at radius 2 is 1.76 bits per heavy atom. The van der Waals surface area contributed by atoms with E-state index in [2.05, 4.69) is 15.5 Å². The van der Waals surface area contributed by atoms with Crippen LogP contribution in [0.2, 0.25) is 0 Å². The van der Waals surface area contributed by atoms with Crippen LogP contribution in [0.25, 0.3) is 22.0 Å². The van der Waals surface area contributed by atoms with Crippen LogP contribution in [0.5, 0.6) is 0 Å². The highest BCUT2D eigenvalue weighted by molar-refractivity contribution is 8.00. The molecular formula is C26H20FN3O2S. The summed E-state index contributed by atoms with van der Waals surface area (Å²) in [7, 11) is 0. The molecule has 1 aliphatic rings. The summed E-state index contributed by atoms with van der Waals surface area (Å²) >= 11 is 1.37. The van der Waals surface area contributed by atoms with Crippen LogP contribution in [0, 0.1) is 5.82 Å². The van der Waals surface area contributed by atoms with Gasteiger partial charge in [-0.05, 0) is 61.4 Å². The number of amides is 1. The molecule has 1 N–H and O–H groups in total. The van der Waals surface area contributed by atoms with Crippen molar-refractivity contribution in [3.8, 4) is 11.3 Å². The molecule has 0 spiro atoms. The third-order valence-electron chi connectivity index (χ3n) is 5.71. The average molecular weight is 458 g/mol. The number of halogens is 1. The third-order valence-corrected chi connectivity index (χ3v) is 6.81. The van der Waals surface area contributed by atoms with Crippen LogP contribution < -0.4 is 5.32 Å². The van der Waals surface area contributed by atoms with Crippen molar-refractivity contribution < 1.29 is 14.0 Å². The highest BCUT2D eigenvalue weighted by Crippen LogP contribution is 2.34. The molecule has 5 nitrogen and oxygen atoms in total. The molecule has 4 aromatic rings. The number of carbonyl (C=O) groups is 2. The highest BCUT2D eigenvalue weighted by atomic mass is 32.2. The number of carbonyl (C=O) groups excluding carboxylic acids is 2. The van der Waals surface area contributed by atoms with E-state index in [0.717, 1.165) is 27.6 Å². The lowest BCUT2D eigenvalue weighted by Crippen LogP contribution is -2.20. The Kier molecular flexibility index (Phi) is 5.64. The number of thioether (sulfide) groups is 1.